The Labute approximate surface area is 90.9 Å². The fourth-order valence-electron chi connectivity index (χ4n) is 1.45. The Hall–Kier alpha value is -0.890. The fraction of sp³-hybridized carbons (Fsp3) is 0.538. The molecule has 1 aromatic rings. The highest BCUT2D eigenvalue weighted by Crippen LogP contribution is 2.39. The average molecular weight is 210 g/mol. The molecule has 0 aliphatic carbocycles. The van der Waals surface area contributed by atoms with Crippen LogP contribution in [0.5, 0.6) is 0 Å². The van der Waals surface area contributed by atoms with E-state index in [0.29, 0.717) is 5.56 Å². The zero-order valence-electron chi connectivity index (χ0n) is 10.1. The van der Waals surface area contributed by atoms with Crippen LogP contribution >= 0.6 is 0 Å². The lowest BCUT2D eigenvalue weighted by atomic mass is 9.73. The van der Waals surface area contributed by atoms with Gasteiger partial charge < -0.3 is 5.11 Å². The second-order valence-corrected chi connectivity index (χ2v) is 5.34. The normalized spacial score (nSPS) is 16.2. The first-order chi connectivity index (χ1) is 6.64. The second kappa shape index (κ2) is 3.60. The summed E-state index contributed by atoms with van der Waals surface area (Å²) in [6.07, 6.45) is 0. The highest BCUT2D eigenvalue weighted by atomic mass is 19.1. The number of benzene rings is 1. The van der Waals surface area contributed by atoms with Gasteiger partial charge in [-0.05, 0) is 42.5 Å². The molecule has 0 amide bonds. The van der Waals surface area contributed by atoms with Gasteiger partial charge >= 0.3 is 0 Å². The van der Waals surface area contributed by atoms with Crippen LogP contribution in [0.15, 0.2) is 18.2 Å². The lowest BCUT2D eigenvalue weighted by Crippen LogP contribution is -2.37. The number of hydrogen-bond donors (Lipinski definition) is 1. The minimum atomic E-state index is -1.03. The number of rotatable bonds is 1. The summed E-state index contributed by atoms with van der Waals surface area (Å²) in [5.41, 5.74) is 0.106. The Bertz CT molecular complexity index is 341. The molecule has 1 rings (SSSR count). The molecule has 0 fully saturated rings. The number of hydrogen-bond acceptors (Lipinski definition) is 1. The van der Waals surface area contributed by atoms with E-state index < -0.39 is 5.60 Å². The second-order valence-electron chi connectivity index (χ2n) is 5.34. The maximum absolute atomic E-state index is 13.2. The van der Waals surface area contributed by atoms with Crippen molar-refractivity contribution < 1.29 is 9.50 Å². The molecule has 1 atom stereocenters. The Balaban J connectivity index is 3.27. The molecule has 0 radical (unpaired) electrons. The quantitative estimate of drug-likeness (QED) is 0.753. The molecule has 0 spiro atoms. The number of halogens is 1. The highest BCUT2D eigenvalue weighted by Gasteiger charge is 2.37. The topological polar surface area (TPSA) is 20.2 Å². The van der Waals surface area contributed by atoms with Gasteiger partial charge in [-0.1, -0.05) is 26.8 Å². The van der Waals surface area contributed by atoms with Crippen molar-refractivity contribution in [3.63, 3.8) is 0 Å². The summed E-state index contributed by atoms with van der Waals surface area (Å²) in [5.74, 6) is -0.297. The largest absolute Gasteiger partial charge is 0.385 e. The molecule has 0 saturated heterocycles. The summed E-state index contributed by atoms with van der Waals surface area (Å²) in [4.78, 5) is 0. The van der Waals surface area contributed by atoms with Crippen molar-refractivity contribution >= 4 is 0 Å². The summed E-state index contributed by atoms with van der Waals surface area (Å²) in [7, 11) is 0. The van der Waals surface area contributed by atoms with Gasteiger partial charge in [-0.25, -0.2) is 4.39 Å². The molecule has 0 aromatic heterocycles. The standard InChI is InChI=1S/C13H19FO/c1-9-6-10(8-11(14)7-9)13(5,15)12(2,3)4/h6-8,15H,1-5H3. The zero-order valence-corrected chi connectivity index (χ0v) is 10.1. The van der Waals surface area contributed by atoms with Crippen molar-refractivity contribution in [3.05, 3.63) is 35.1 Å². The van der Waals surface area contributed by atoms with Crippen LogP contribution in [0, 0.1) is 18.2 Å². The summed E-state index contributed by atoms with van der Waals surface area (Å²) in [5, 5.41) is 10.4. The minimum Gasteiger partial charge on any atom is -0.385 e. The van der Waals surface area contributed by atoms with E-state index in [4.69, 9.17) is 0 Å². The van der Waals surface area contributed by atoms with E-state index in [0.717, 1.165) is 5.56 Å². The first-order valence-electron chi connectivity index (χ1n) is 5.14. The molecule has 0 aliphatic heterocycles. The van der Waals surface area contributed by atoms with E-state index in [-0.39, 0.29) is 11.2 Å². The van der Waals surface area contributed by atoms with Gasteiger partial charge in [0, 0.05) is 0 Å². The van der Waals surface area contributed by atoms with Gasteiger partial charge in [-0.15, -0.1) is 0 Å². The molecule has 1 N–H and O–H groups in total. The van der Waals surface area contributed by atoms with E-state index in [9.17, 15) is 9.50 Å². The first kappa shape index (κ1) is 12.2. The molecule has 0 heterocycles. The number of aliphatic hydroxyl groups is 1. The van der Waals surface area contributed by atoms with E-state index >= 15 is 0 Å². The molecule has 15 heavy (non-hydrogen) atoms. The SMILES string of the molecule is Cc1cc(F)cc(C(C)(O)C(C)(C)C)c1. The van der Waals surface area contributed by atoms with Crippen LogP contribution in [0.25, 0.3) is 0 Å². The van der Waals surface area contributed by atoms with Crippen LogP contribution in [-0.2, 0) is 5.60 Å². The first-order valence-corrected chi connectivity index (χ1v) is 5.14. The maximum Gasteiger partial charge on any atom is 0.123 e. The van der Waals surface area contributed by atoms with Gasteiger partial charge in [-0.2, -0.15) is 0 Å². The molecule has 0 aliphatic rings. The van der Waals surface area contributed by atoms with Crippen molar-refractivity contribution in [2.45, 2.75) is 40.2 Å². The van der Waals surface area contributed by atoms with Crippen molar-refractivity contribution in [1.82, 2.24) is 0 Å². The Morgan fingerprint density at radius 2 is 1.60 bits per heavy atom. The van der Waals surface area contributed by atoms with Gasteiger partial charge in [0.1, 0.15) is 5.82 Å². The van der Waals surface area contributed by atoms with Crippen LogP contribution in [0.4, 0.5) is 4.39 Å². The average Bonchev–Trinajstić information content (AvgIpc) is 1.99. The van der Waals surface area contributed by atoms with Crippen molar-refractivity contribution in [2.75, 3.05) is 0 Å². The predicted octanol–water partition coefficient (Wildman–Crippen LogP) is 3.39. The summed E-state index contributed by atoms with van der Waals surface area (Å²) >= 11 is 0. The molecule has 1 unspecified atom stereocenters. The molecule has 1 nitrogen and oxygen atoms in total. The third-order valence-corrected chi connectivity index (χ3v) is 3.06. The Morgan fingerprint density at radius 1 is 1.07 bits per heavy atom. The highest BCUT2D eigenvalue weighted by molar-refractivity contribution is 5.29. The van der Waals surface area contributed by atoms with Crippen LogP contribution in [0.2, 0.25) is 0 Å². The lowest BCUT2D eigenvalue weighted by Gasteiger charge is -2.37. The van der Waals surface area contributed by atoms with Crippen LogP contribution in [0.1, 0.15) is 38.8 Å². The summed E-state index contributed by atoms with van der Waals surface area (Å²) in [6.45, 7) is 9.36. The predicted molar refractivity (Wildman–Crippen MR) is 60.2 cm³/mol. The molecule has 0 saturated carbocycles. The van der Waals surface area contributed by atoms with Crippen LogP contribution in [0.3, 0.4) is 0 Å². The van der Waals surface area contributed by atoms with Crippen molar-refractivity contribution in [1.29, 1.82) is 0 Å². The van der Waals surface area contributed by atoms with Crippen molar-refractivity contribution in [3.8, 4) is 0 Å². The zero-order chi connectivity index (χ0) is 11.9. The smallest absolute Gasteiger partial charge is 0.123 e. The molecule has 84 valence electrons. The van der Waals surface area contributed by atoms with E-state index in [1.165, 1.54) is 12.1 Å². The van der Waals surface area contributed by atoms with Gasteiger partial charge in [0.15, 0.2) is 0 Å². The van der Waals surface area contributed by atoms with E-state index in [1.807, 2.05) is 33.8 Å². The summed E-state index contributed by atoms with van der Waals surface area (Å²) in [6, 6.07) is 4.69. The van der Waals surface area contributed by atoms with Crippen LogP contribution < -0.4 is 0 Å². The molecule has 1 aromatic carbocycles. The Morgan fingerprint density at radius 3 is 2.00 bits per heavy atom. The summed E-state index contributed by atoms with van der Waals surface area (Å²) < 4.78 is 13.2. The van der Waals surface area contributed by atoms with Crippen molar-refractivity contribution in [2.24, 2.45) is 5.41 Å². The minimum absolute atomic E-state index is 0.297. The van der Waals surface area contributed by atoms with E-state index in [2.05, 4.69) is 0 Å². The molecule has 2 heteroatoms. The third kappa shape index (κ3) is 2.37. The Kier molecular flexibility index (Phi) is 2.92. The van der Waals surface area contributed by atoms with Gasteiger partial charge in [-0.3, -0.25) is 0 Å². The van der Waals surface area contributed by atoms with Gasteiger partial charge in [0.25, 0.3) is 0 Å². The molecule has 0 bridgehead atoms. The maximum atomic E-state index is 13.2. The van der Waals surface area contributed by atoms with Gasteiger partial charge in [0.05, 0.1) is 5.60 Å². The molecular weight excluding hydrogens is 191 g/mol. The van der Waals surface area contributed by atoms with E-state index in [1.54, 1.807) is 6.92 Å². The molecular formula is C13H19FO. The third-order valence-electron chi connectivity index (χ3n) is 3.06. The monoisotopic (exact) mass is 210 g/mol. The fourth-order valence-corrected chi connectivity index (χ4v) is 1.45. The number of aryl methyl sites for hydroxylation is 1. The van der Waals surface area contributed by atoms with Crippen LogP contribution in [-0.4, -0.2) is 5.11 Å². The lowest BCUT2D eigenvalue weighted by molar-refractivity contribution is -0.0472. The van der Waals surface area contributed by atoms with Gasteiger partial charge in [0.2, 0.25) is 0 Å².